The molecule has 0 aliphatic carbocycles. The highest BCUT2D eigenvalue weighted by Crippen LogP contribution is 2.42. The third-order valence-corrected chi connectivity index (χ3v) is 5.07. The van der Waals surface area contributed by atoms with Crippen molar-refractivity contribution in [2.45, 2.75) is 38.3 Å². The molecule has 1 aromatic heterocycles. The second-order valence-electron chi connectivity index (χ2n) is 6.69. The number of aliphatic hydroxyl groups excluding tert-OH is 1. The van der Waals surface area contributed by atoms with E-state index < -0.39 is 5.54 Å². The van der Waals surface area contributed by atoms with Crippen LogP contribution in [0.4, 0.5) is 0 Å². The number of amides is 2. The Morgan fingerprint density at radius 2 is 2.09 bits per heavy atom. The molecule has 1 N–H and O–H groups in total. The van der Waals surface area contributed by atoms with Gasteiger partial charge < -0.3 is 14.9 Å². The first-order valence-electron chi connectivity index (χ1n) is 7.93. The van der Waals surface area contributed by atoms with E-state index in [0.717, 1.165) is 6.42 Å². The molecule has 0 unspecified atom stereocenters. The van der Waals surface area contributed by atoms with Crippen LogP contribution in [0.25, 0.3) is 0 Å². The Hall–Kier alpha value is -2.02. The molecule has 0 aromatic carbocycles. The number of carbonyl (C=O) groups excluding carboxylic acids is 2. The Labute approximate surface area is 135 Å². The third-order valence-electron chi connectivity index (χ3n) is 5.07. The van der Waals surface area contributed by atoms with E-state index >= 15 is 0 Å². The molecule has 124 valence electrons. The number of fused-ring (bicyclic) bond motifs is 1. The standard InChI is InChI=1S/C16H22N4O3/c1-11(22)19-7-4-13-12(9-19)8-16(2,10-21)20(13)15(23)14-17-5-3-6-18-14/h3,5-6,12-13,21H,4,7-10H2,1-2H3/t12-,13-,16+/m0/s1. The van der Waals surface area contributed by atoms with Crippen LogP contribution in [0, 0.1) is 5.92 Å². The van der Waals surface area contributed by atoms with Crippen LogP contribution in [-0.2, 0) is 4.79 Å². The van der Waals surface area contributed by atoms with Gasteiger partial charge >= 0.3 is 0 Å². The first kappa shape index (κ1) is 15.9. The van der Waals surface area contributed by atoms with Crippen LogP contribution in [0.2, 0.25) is 0 Å². The lowest BCUT2D eigenvalue weighted by molar-refractivity contribution is -0.130. The van der Waals surface area contributed by atoms with E-state index in [2.05, 4.69) is 9.97 Å². The Morgan fingerprint density at radius 3 is 2.70 bits per heavy atom. The second-order valence-corrected chi connectivity index (χ2v) is 6.69. The molecule has 23 heavy (non-hydrogen) atoms. The summed E-state index contributed by atoms with van der Waals surface area (Å²) >= 11 is 0. The Bertz CT molecular complexity index is 609. The highest BCUT2D eigenvalue weighted by molar-refractivity contribution is 5.91. The predicted molar refractivity (Wildman–Crippen MR) is 82.5 cm³/mol. The molecule has 2 fully saturated rings. The van der Waals surface area contributed by atoms with Crippen molar-refractivity contribution in [2.75, 3.05) is 19.7 Å². The maximum Gasteiger partial charge on any atom is 0.292 e. The largest absolute Gasteiger partial charge is 0.394 e. The van der Waals surface area contributed by atoms with E-state index in [-0.39, 0.29) is 36.2 Å². The molecule has 0 bridgehead atoms. The molecule has 0 saturated carbocycles. The van der Waals surface area contributed by atoms with Crippen LogP contribution in [0.15, 0.2) is 18.5 Å². The molecule has 2 aliphatic heterocycles. The van der Waals surface area contributed by atoms with Gasteiger partial charge in [0.05, 0.1) is 12.1 Å². The summed E-state index contributed by atoms with van der Waals surface area (Å²) in [6, 6.07) is 1.68. The summed E-state index contributed by atoms with van der Waals surface area (Å²) < 4.78 is 0. The van der Waals surface area contributed by atoms with Crippen LogP contribution in [0.5, 0.6) is 0 Å². The van der Waals surface area contributed by atoms with Gasteiger partial charge in [-0.25, -0.2) is 9.97 Å². The van der Waals surface area contributed by atoms with Gasteiger partial charge in [0, 0.05) is 38.4 Å². The molecular formula is C16H22N4O3. The number of likely N-dealkylation sites (tertiary alicyclic amines) is 2. The van der Waals surface area contributed by atoms with Gasteiger partial charge in [-0.15, -0.1) is 0 Å². The molecule has 0 radical (unpaired) electrons. The minimum absolute atomic E-state index is 0.0130. The van der Waals surface area contributed by atoms with E-state index in [0.29, 0.717) is 19.5 Å². The SMILES string of the molecule is CC(=O)N1CC[C@H]2[C@H](C1)C[C@](C)(CO)N2C(=O)c1ncccn1. The van der Waals surface area contributed by atoms with E-state index in [4.69, 9.17) is 0 Å². The number of nitrogens with zero attached hydrogens (tertiary/aromatic N) is 4. The van der Waals surface area contributed by atoms with Crippen molar-refractivity contribution in [1.29, 1.82) is 0 Å². The van der Waals surface area contributed by atoms with Gasteiger partial charge in [0.25, 0.3) is 5.91 Å². The molecule has 3 atom stereocenters. The minimum Gasteiger partial charge on any atom is -0.394 e. The van der Waals surface area contributed by atoms with Gasteiger partial charge in [0.1, 0.15) is 0 Å². The summed E-state index contributed by atoms with van der Waals surface area (Å²) in [7, 11) is 0. The van der Waals surface area contributed by atoms with E-state index in [1.807, 2.05) is 11.8 Å². The van der Waals surface area contributed by atoms with Gasteiger partial charge in [-0.1, -0.05) is 0 Å². The van der Waals surface area contributed by atoms with Gasteiger partial charge in [-0.05, 0) is 31.7 Å². The van der Waals surface area contributed by atoms with Gasteiger partial charge in [0.15, 0.2) is 0 Å². The average Bonchev–Trinajstić information content (AvgIpc) is 2.86. The van der Waals surface area contributed by atoms with Crippen molar-refractivity contribution in [3.05, 3.63) is 24.3 Å². The Balaban J connectivity index is 1.89. The molecular weight excluding hydrogens is 296 g/mol. The number of aliphatic hydroxyl groups is 1. The van der Waals surface area contributed by atoms with E-state index in [1.54, 1.807) is 30.3 Å². The van der Waals surface area contributed by atoms with Crippen molar-refractivity contribution in [3.63, 3.8) is 0 Å². The lowest BCUT2D eigenvalue weighted by Gasteiger charge is -2.40. The monoisotopic (exact) mass is 318 g/mol. The number of hydrogen-bond acceptors (Lipinski definition) is 5. The molecule has 2 aliphatic rings. The van der Waals surface area contributed by atoms with Crippen molar-refractivity contribution in [1.82, 2.24) is 19.8 Å². The summed E-state index contributed by atoms with van der Waals surface area (Å²) in [5.41, 5.74) is -0.640. The number of piperidine rings is 1. The zero-order valence-electron chi connectivity index (χ0n) is 13.5. The summed E-state index contributed by atoms with van der Waals surface area (Å²) in [5.74, 6) is 0.149. The topological polar surface area (TPSA) is 86.6 Å². The molecule has 7 heteroatoms. The van der Waals surface area contributed by atoms with Gasteiger partial charge in [-0.3, -0.25) is 9.59 Å². The normalized spacial score (nSPS) is 30.2. The fraction of sp³-hybridized carbons (Fsp3) is 0.625. The first-order chi connectivity index (χ1) is 11.0. The van der Waals surface area contributed by atoms with Gasteiger partial charge in [-0.2, -0.15) is 0 Å². The Kier molecular flexibility index (Phi) is 4.06. The number of aromatic nitrogens is 2. The average molecular weight is 318 g/mol. The molecule has 2 amide bonds. The highest BCUT2D eigenvalue weighted by atomic mass is 16.3. The fourth-order valence-corrected chi connectivity index (χ4v) is 3.96. The Morgan fingerprint density at radius 1 is 1.39 bits per heavy atom. The van der Waals surface area contributed by atoms with E-state index in [9.17, 15) is 14.7 Å². The molecule has 2 saturated heterocycles. The summed E-state index contributed by atoms with van der Waals surface area (Å²) in [4.78, 5) is 36.2. The van der Waals surface area contributed by atoms with Crippen LogP contribution < -0.4 is 0 Å². The fourth-order valence-electron chi connectivity index (χ4n) is 3.96. The number of carbonyl (C=O) groups is 2. The quantitative estimate of drug-likeness (QED) is 0.848. The highest BCUT2D eigenvalue weighted by Gasteiger charge is 2.53. The zero-order valence-corrected chi connectivity index (χ0v) is 13.5. The minimum atomic E-state index is -0.640. The molecule has 0 spiro atoms. The second kappa shape index (κ2) is 5.88. The van der Waals surface area contributed by atoms with Crippen LogP contribution in [0.3, 0.4) is 0 Å². The van der Waals surface area contributed by atoms with Crippen LogP contribution >= 0.6 is 0 Å². The molecule has 3 heterocycles. The maximum atomic E-state index is 12.9. The number of hydrogen-bond donors (Lipinski definition) is 1. The van der Waals surface area contributed by atoms with Crippen molar-refractivity contribution < 1.29 is 14.7 Å². The van der Waals surface area contributed by atoms with Crippen molar-refractivity contribution >= 4 is 11.8 Å². The van der Waals surface area contributed by atoms with Crippen LogP contribution in [0.1, 0.15) is 37.3 Å². The lowest BCUT2D eigenvalue weighted by atomic mass is 9.89. The molecule has 3 rings (SSSR count). The third kappa shape index (κ3) is 2.69. The predicted octanol–water partition coefficient (Wildman–Crippen LogP) is 0.311. The van der Waals surface area contributed by atoms with Crippen LogP contribution in [-0.4, -0.2) is 68.0 Å². The summed E-state index contributed by atoms with van der Waals surface area (Å²) in [5, 5.41) is 9.90. The van der Waals surface area contributed by atoms with Crippen molar-refractivity contribution in [3.8, 4) is 0 Å². The summed E-state index contributed by atoms with van der Waals surface area (Å²) in [6.45, 7) is 4.62. The molecule has 7 nitrogen and oxygen atoms in total. The van der Waals surface area contributed by atoms with Crippen molar-refractivity contribution in [2.24, 2.45) is 5.92 Å². The summed E-state index contributed by atoms with van der Waals surface area (Å²) in [6.07, 6.45) is 4.49. The van der Waals surface area contributed by atoms with E-state index in [1.165, 1.54) is 0 Å². The lowest BCUT2D eigenvalue weighted by Crippen LogP contribution is -2.54. The van der Waals surface area contributed by atoms with Gasteiger partial charge in [0.2, 0.25) is 11.7 Å². The smallest absolute Gasteiger partial charge is 0.292 e. The first-order valence-corrected chi connectivity index (χ1v) is 7.93. The maximum absolute atomic E-state index is 12.9. The number of rotatable bonds is 2. The zero-order chi connectivity index (χ0) is 16.6. The molecule has 1 aromatic rings.